The van der Waals surface area contributed by atoms with E-state index in [9.17, 15) is 39.6 Å². The van der Waals surface area contributed by atoms with E-state index in [4.69, 9.17) is 28.5 Å². The van der Waals surface area contributed by atoms with E-state index in [2.05, 4.69) is 45.0 Å². The first-order valence-electron chi connectivity index (χ1n) is 30.8. The van der Waals surface area contributed by atoms with Crippen LogP contribution < -0.4 is 4.90 Å². The van der Waals surface area contributed by atoms with Crippen LogP contribution in [0.1, 0.15) is 138 Å². The zero-order valence-electron chi connectivity index (χ0n) is 52.0. The number of esters is 1. The van der Waals surface area contributed by atoms with E-state index < -0.39 is 84.1 Å². The molecule has 5 heterocycles. The number of ketones is 2. The third-order valence-electron chi connectivity index (χ3n) is 18.3. The van der Waals surface area contributed by atoms with Gasteiger partial charge in [-0.05, 0) is 126 Å². The van der Waals surface area contributed by atoms with E-state index >= 15 is 0 Å². The number of anilines is 1. The maximum absolute atomic E-state index is 14.6. The molecule has 470 valence electrons. The number of fused-ring (bicyclic) bond motifs is 3. The minimum absolute atomic E-state index is 0.00488. The standard InChI is InChI=1S/C64H100N6O14/c1-40-17-13-12-14-18-41(2)54(79-9)35-50-24-20-46(7)64(78,84-50)60(75)61(76)70-26-16-15-19-51(70)62(77)83-55(43(4)33-47-22-25-52(72)56(34-47)80-10)36-53(73)42(3)32-45(6)58(74)59(81-11)57(44(5)31-40)67-82-39-49(71)23-21-48-37-65-63(66-38-48)69-29-27-68(8)28-30-69/h12-14,17-18,32,37-38,40,42-44,46-47,50-56,58-59,72-74,78H,15-16,19-31,33-36,39H2,1-11H3/b14-12+,17-13+,41-18+,45-32+,67-57?/t40-,42-,43-,44-,46-,47+,50+,51+,52-,53-,54+,55+,56-,58-,59+,64-/m1/s1. The lowest BCUT2D eigenvalue weighted by atomic mass is 9.78. The summed E-state index contributed by atoms with van der Waals surface area (Å²) in [5.74, 6) is -6.61. The highest BCUT2D eigenvalue weighted by atomic mass is 16.6. The third kappa shape index (κ3) is 18.9. The number of aliphatic hydroxyl groups excluding tert-OH is 3. The van der Waals surface area contributed by atoms with Crippen LogP contribution >= 0.6 is 0 Å². The van der Waals surface area contributed by atoms with Crippen LogP contribution in [-0.2, 0) is 54.1 Å². The second-order valence-corrected chi connectivity index (χ2v) is 24.9. The SMILES string of the molecule is CO[C@H]1C[C@@H]2CC[C@@H](C)[C@@](O)(O2)C(=O)C(=O)N2CCCC[C@H]2C(=O)O[C@H]([C@H](C)C[C@@H]2CC[C@@H](O)[C@H](OC)C2)C[C@@H](O)[C@H](C)/C=C(\C)[C@@H](O)[C@@H](OC)C(=NOCC(=O)CCc2cnc(N3CCN(C)CC3)nc2)[C@H](C)C[C@H](C)/C=C/C=C/C=C/1C. The van der Waals surface area contributed by atoms with Crippen molar-refractivity contribution >= 4 is 35.1 Å². The lowest BCUT2D eigenvalue weighted by Gasteiger charge is -2.43. The molecule has 1 aliphatic carbocycles. The highest BCUT2D eigenvalue weighted by Crippen LogP contribution is 2.38. The number of nitrogens with zero attached hydrogens (tertiary/aromatic N) is 6. The number of cyclic esters (lactones) is 1. The largest absolute Gasteiger partial charge is 0.460 e. The third-order valence-corrected chi connectivity index (χ3v) is 18.3. The van der Waals surface area contributed by atoms with Gasteiger partial charge in [-0.15, -0.1) is 0 Å². The van der Waals surface area contributed by atoms with Gasteiger partial charge in [0, 0.05) is 103 Å². The van der Waals surface area contributed by atoms with Gasteiger partial charge in [0.25, 0.3) is 11.7 Å². The number of likely N-dealkylation sites (N-methyl/N-ethyl adjacent to an activating group) is 1. The molecule has 4 N–H and O–H groups in total. The van der Waals surface area contributed by atoms with Gasteiger partial charge in [-0.3, -0.25) is 14.4 Å². The number of hydrogen-bond acceptors (Lipinski definition) is 19. The number of aliphatic hydroxyl groups is 4. The Bertz CT molecular complexity index is 2440. The highest BCUT2D eigenvalue weighted by molar-refractivity contribution is 6.39. The molecule has 1 aromatic rings. The Labute approximate surface area is 499 Å². The van der Waals surface area contributed by atoms with E-state index in [1.54, 1.807) is 46.5 Å². The van der Waals surface area contributed by atoms with Crippen molar-refractivity contribution in [1.29, 1.82) is 0 Å². The van der Waals surface area contributed by atoms with E-state index in [0.717, 1.165) is 43.7 Å². The number of amides is 1. The zero-order chi connectivity index (χ0) is 61.3. The van der Waals surface area contributed by atoms with Crippen molar-refractivity contribution in [2.45, 2.75) is 199 Å². The molecule has 2 bridgehead atoms. The number of aromatic nitrogens is 2. The van der Waals surface area contributed by atoms with Crippen LogP contribution in [-0.4, -0.2) is 198 Å². The van der Waals surface area contributed by atoms with Crippen molar-refractivity contribution in [3.63, 3.8) is 0 Å². The van der Waals surface area contributed by atoms with E-state index in [0.29, 0.717) is 81.4 Å². The first-order chi connectivity index (χ1) is 40.1. The minimum atomic E-state index is -2.44. The normalized spacial score (nSPS) is 36.6. The molecule has 4 aliphatic heterocycles. The second-order valence-electron chi connectivity index (χ2n) is 24.9. The Hall–Kier alpha value is -4.77. The number of hydrogen-bond donors (Lipinski definition) is 4. The number of carbonyl (C=O) groups is 4. The first-order valence-corrected chi connectivity index (χ1v) is 30.8. The summed E-state index contributed by atoms with van der Waals surface area (Å²) in [5.41, 5.74) is 2.58. The van der Waals surface area contributed by atoms with Crippen LogP contribution in [0.5, 0.6) is 0 Å². The predicted molar refractivity (Wildman–Crippen MR) is 320 cm³/mol. The van der Waals surface area contributed by atoms with Crippen molar-refractivity contribution in [3.8, 4) is 0 Å². The van der Waals surface area contributed by atoms with Crippen LogP contribution in [0.15, 0.2) is 65.2 Å². The number of piperazine rings is 1. The fraction of sp³-hybridized carbons (Fsp3) is 0.734. The summed E-state index contributed by atoms with van der Waals surface area (Å²) in [6.45, 7) is 16.5. The van der Waals surface area contributed by atoms with E-state index in [-0.39, 0.29) is 68.0 Å². The molecule has 16 atom stereocenters. The number of piperidine rings is 1. The summed E-state index contributed by atoms with van der Waals surface area (Å²) in [6, 6.07) is -1.14. The Balaban J connectivity index is 1.28. The van der Waals surface area contributed by atoms with Gasteiger partial charge in [0.15, 0.2) is 12.4 Å². The molecule has 20 nitrogen and oxygen atoms in total. The average Bonchev–Trinajstić information content (AvgIpc) is 2.01. The molecule has 0 radical (unpaired) electrons. The molecule has 5 aliphatic rings. The smallest absolute Gasteiger partial charge is 0.329 e. The summed E-state index contributed by atoms with van der Waals surface area (Å²) in [5, 5.41) is 51.6. The molecule has 20 heteroatoms. The number of oxime groups is 1. The van der Waals surface area contributed by atoms with E-state index in [1.165, 1.54) is 12.0 Å². The summed E-state index contributed by atoms with van der Waals surface area (Å²) in [6.07, 6.45) is 15.0. The molecule has 3 saturated heterocycles. The van der Waals surface area contributed by atoms with Crippen LogP contribution in [0.3, 0.4) is 0 Å². The Morgan fingerprint density at radius 3 is 2.25 bits per heavy atom. The van der Waals surface area contributed by atoms with Crippen LogP contribution in [0.2, 0.25) is 0 Å². The van der Waals surface area contributed by atoms with E-state index in [1.807, 2.05) is 52.0 Å². The number of rotatable bonds is 13. The average molecular weight is 1180 g/mol. The fourth-order valence-corrected chi connectivity index (χ4v) is 12.6. The van der Waals surface area contributed by atoms with Gasteiger partial charge in [0.1, 0.15) is 24.4 Å². The number of aryl methyl sites for hydroxylation is 1. The van der Waals surface area contributed by atoms with Crippen LogP contribution in [0, 0.1) is 35.5 Å². The topological polar surface area (TPSA) is 252 Å². The second kappa shape index (κ2) is 32.8. The van der Waals surface area contributed by atoms with Crippen LogP contribution in [0.25, 0.3) is 0 Å². The monoisotopic (exact) mass is 1180 g/mol. The number of carbonyl (C=O) groups excluding carboxylic acids is 4. The predicted octanol–water partition coefficient (Wildman–Crippen LogP) is 6.52. The van der Waals surface area contributed by atoms with Gasteiger partial charge in [0.05, 0.1) is 36.2 Å². The zero-order valence-corrected chi connectivity index (χ0v) is 52.0. The molecule has 1 aromatic heterocycles. The van der Waals surface area contributed by atoms with Crippen molar-refractivity contribution in [1.82, 2.24) is 19.8 Å². The Kier molecular flexibility index (Phi) is 26.7. The van der Waals surface area contributed by atoms with Crippen molar-refractivity contribution in [2.75, 3.05) is 72.6 Å². The molecular formula is C64H100N6O14. The van der Waals surface area contributed by atoms with Crippen molar-refractivity contribution < 1.29 is 68.1 Å². The quantitative estimate of drug-likeness (QED) is 0.0710. The maximum Gasteiger partial charge on any atom is 0.329 e. The fourth-order valence-electron chi connectivity index (χ4n) is 12.6. The molecule has 0 aromatic carbocycles. The molecule has 84 heavy (non-hydrogen) atoms. The number of methoxy groups -OCH3 is 3. The van der Waals surface area contributed by atoms with Gasteiger partial charge < -0.3 is 63.6 Å². The number of ether oxygens (including phenoxy) is 5. The number of allylic oxidation sites excluding steroid dienone is 5. The molecule has 1 amide bonds. The van der Waals surface area contributed by atoms with Gasteiger partial charge in [0.2, 0.25) is 11.7 Å². The lowest BCUT2D eigenvalue weighted by Crippen LogP contribution is -2.61. The Morgan fingerprint density at radius 2 is 1.56 bits per heavy atom. The van der Waals surface area contributed by atoms with Gasteiger partial charge in [-0.25, -0.2) is 14.8 Å². The molecule has 4 fully saturated rings. The lowest BCUT2D eigenvalue weighted by molar-refractivity contribution is -0.265. The summed E-state index contributed by atoms with van der Waals surface area (Å²) < 4.78 is 30.2. The number of Topliss-reactive ketones (excluding diaryl/α,β-unsaturated/α-hetero) is 2. The Morgan fingerprint density at radius 1 is 0.833 bits per heavy atom. The summed E-state index contributed by atoms with van der Waals surface area (Å²) in [7, 11) is 6.74. The molecule has 6 rings (SSSR count). The maximum atomic E-state index is 14.6. The van der Waals surface area contributed by atoms with Gasteiger partial charge in [-0.1, -0.05) is 76.2 Å². The van der Waals surface area contributed by atoms with Gasteiger partial charge >= 0.3 is 5.97 Å². The molecule has 0 unspecified atom stereocenters. The molecule has 1 saturated carbocycles. The summed E-state index contributed by atoms with van der Waals surface area (Å²) in [4.78, 5) is 77.4. The van der Waals surface area contributed by atoms with Gasteiger partial charge in [-0.2, -0.15) is 0 Å². The van der Waals surface area contributed by atoms with Crippen LogP contribution in [0.4, 0.5) is 5.95 Å². The molecular weight excluding hydrogens is 1080 g/mol. The minimum Gasteiger partial charge on any atom is -0.460 e. The van der Waals surface area contributed by atoms with Crippen molar-refractivity contribution in [2.24, 2.45) is 40.7 Å². The first kappa shape index (κ1) is 68.3. The summed E-state index contributed by atoms with van der Waals surface area (Å²) >= 11 is 0. The van der Waals surface area contributed by atoms with Crippen molar-refractivity contribution in [3.05, 3.63) is 65.6 Å². The highest BCUT2D eigenvalue weighted by Gasteiger charge is 2.53. The molecule has 0 spiro atoms.